The monoisotopic (exact) mass is 298 g/mol. The van der Waals surface area contributed by atoms with E-state index >= 15 is 0 Å². The van der Waals surface area contributed by atoms with Crippen LogP contribution in [0.15, 0.2) is 17.4 Å². The smallest absolute Gasteiger partial charge is 0.260 e. The SMILES string of the molecule is CNCc1c(S(=O)(=O)NCc2nccn2C)n[nH]c1C. The lowest BCUT2D eigenvalue weighted by molar-refractivity contribution is 0.571. The number of hydrogen-bond donors (Lipinski definition) is 3. The Labute approximate surface area is 117 Å². The summed E-state index contributed by atoms with van der Waals surface area (Å²) in [5.41, 5.74) is 1.37. The van der Waals surface area contributed by atoms with Gasteiger partial charge < -0.3 is 9.88 Å². The number of aryl methyl sites for hydroxylation is 2. The van der Waals surface area contributed by atoms with Gasteiger partial charge in [0, 0.05) is 37.2 Å². The highest BCUT2D eigenvalue weighted by molar-refractivity contribution is 7.89. The van der Waals surface area contributed by atoms with Crippen LogP contribution in [0.5, 0.6) is 0 Å². The molecular weight excluding hydrogens is 280 g/mol. The predicted molar refractivity (Wildman–Crippen MR) is 73.3 cm³/mol. The van der Waals surface area contributed by atoms with Crippen molar-refractivity contribution in [3.63, 3.8) is 0 Å². The predicted octanol–water partition coefficient (Wildman–Crippen LogP) is -0.350. The molecule has 2 rings (SSSR count). The zero-order chi connectivity index (χ0) is 14.8. The summed E-state index contributed by atoms with van der Waals surface area (Å²) < 4.78 is 28.8. The van der Waals surface area contributed by atoms with Gasteiger partial charge in [0.25, 0.3) is 10.0 Å². The molecule has 20 heavy (non-hydrogen) atoms. The van der Waals surface area contributed by atoms with Crippen molar-refractivity contribution in [1.29, 1.82) is 0 Å². The van der Waals surface area contributed by atoms with Gasteiger partial charge in [-0.25, -0.2) is 18.1 Å². The third-order valence-corrected chi connectivity index (χ3v) is 4.36. The number of nitrogens with one attached hydrogen (secondary N) is 3. The minimum Gasteiger partial charge on any atom is -0.337 e. The number of imidazole rings is 1. The first-order chi connectivity index (χ1) is 9.45. The number of nitrogens with zero attached hydrogens (tertiary/aromatic N) is 3. The number of aromatic amines is 1. The summed E-state index contributed by atoms with van der Waals surface area (Å²) in [4.78, 5) is 4.07. The zero-order valence-electron chi connectivity index (χ0n) is 11.6. The third kappa shape index (κ3) is 2.89. The van der Waals surface area contributed by atoms with E-state index < -0.39 is 10.0 Å². The Morgan fingerprint density at radius 1 is 1.40 bits per heavy atom. The zero-order valence-corrected chi connectivity index (χ0v) is 12.5. The largest absolute Gasteiger partial charge is 0.337 e. The Bertz CT molecular complexity index is 688. The minimum absolute atomic E-state index is 0.0264. The van der Waals surface area contributed by atoms with Gasteiger partial charge in [0.15, 0.2) is 5.03 Å². The van der Waals surface area contributed by atoms with Crippen molar-refractivity contribution < 1.29 is 8.42 Å². The minimum atomic E-state index is -3.67. The molecule has 0 aliphatic heterocycles. The van der Waals surface area contributed by atoms with Crippen molar-refractivity contribution >= 4 is 10.0 Å². The maximum Gasteiger partial charge on any atom is 0.260 e. The molecule has 0 unspecified atom stereocenters. The van der Waals surface area contributed by atoms with Crippen molar-refractivity contribution in [1.82, 2.24) is 29.8 Å². The van der Waals surface area contributed by atoms with Gasteiger partial charge in [0.1, 0.15) is 5.82 Å². The van der Waals surface area contributed by atoms with Crippen LogP contribution in [0.1, 0.15) is 17.1 Å². The second-order valence-corrected chi connectivity index (χ2v) is 6.12. The first-order valence-corrected chi connectivity index (χ1v) is 7.58. The van der Waals surface area contributed by atoms with E-state index in [1.165, 1.54) is 0 Å². The fourth-order valence-electron chi connectivity index (χ4n) is 1.83. The van der Waals surface area contributed by atoms with Crippen LogP contribution >= 0.6 is 0 Å². The molecule has 0 amide bonds. The maximum atomic E-state index is 12.3. The van der Waals surface area contributed by atoms with Gasteiger partial charge in [0.2, 0.25) is 0 Å². The average Bonchev–Trinajstić information content (AvgIpc) is 2.95. The van der Waals surface area contributed by atoms with Crippen molar-refractivity contribution in [2.45, 2.75) is 25.0 Å². The van der Waals surface area contributed by atoms with E-state index in [9.17, 15) is 8.42 Å². The van der Waals surface area contributed by atoms with Gasteiger partial charge in [0.05, 0.1) is 6.54 Å². The summed E-state index contributed by atoms with van der Waals surface area (Å²) in [6, 6.07) is 0. The van der Waals surface area contributed by atoms with E-state index in [1.807, 2.05) is 7.05 Å². The van der Waals surface area contributed by atoms with Crippen LogP contribution < -0.4 is 10.0 Å². The summed E-state index contributed by atoms with van der Waals surface area (Å²) in [6.07, 6.45) is 3.38. The molecule has 0 radical (unpaired) electrons. The number of aromatic nitrogens is 4. The van der Waals surface area contributed by atoms with E-state index in [0.717, 1.165) is 5.69 Å². The van der Waals surface area contributed by atoms with Crippen molar-refractivity contribution in [2.24, 2.45) is 7.05 Å². The molecule has 0 fully saturated rings. The van der Waals surface area contributed by atoms with Gasteiger partial charge in [-0.2, -0.15) is 5.10 Å². The van der Waals surface area contributed by atoms with Gasteiger partial charge in [-0.15, -0.1) is 0 Å². The molecule has 3 N–H and O–H groups in total. The molecule has 0 aliphatic rings. The Morgan fingerprint density at radius 2 is 2.15 bits per heavy atom. The molecule has 0 saturated carbocycles. The van der Waals surface area contributed by atoms with E-state index in [4.69, 9.17) is 0 Å². The molecule has 0 atom stereocenters. The molecule has 0 saturated heterocycles. The molecule has 2 aromatic heterocycles. The van der Waals surface area contributed by atoms with Crippen LogP contribution in [0, 0.1) is 6.92 Å². The van der Waals surface area contributed by atoms with Crippen LogP contribution in [0.2, 0.25) is 0 Å². The van der Waals surface area contributed by atoms with Gasteiger partial charge in [-0.3, -0.25) is 5.10 Å². The second-order valence-electron chi connectivity index (χ2n) is 4.44. The number of H-pyrrole nitrogens is 1. The molecular formula is C11H18N6O2S. The molecule has 0 aliphatic carbocycles. The van der Waals surface area contributed by atoms with E-state index in [2.05, 4.69) is 25.2 Å². The lowest BCUT2D eigenvalue weighted by Gasteiger charge is -2.07. The topological polar surface area (TPSA) is 105 Å². The average molecular weight is 298 g/mol. The van der Waals surface area contributed by atoms with E-state index in [0.29, 0.717) is 17.9 Å². The first kappa shape index (κ1) is 14.7. The van der Waals surface area contributed by atoms with Crippen molar-refractivity contribution in [2.75, 3.05) is 7.05 Å². The highest BCUT2D eigenvalue weighted by Gasteiger charge is 2.23. The van der Waals surface area contributed by atoms with Crippen LogP contribution in [-0.4, -0.2) is 35.2 Å². The molecule has 2 aromatic rings. The van der Waals surface area contributed by atoms with Crippen LogP contribution in [-0.2, 0) is 30.2 Å². The lowest BCUT2D eigenvalue weighted by atomic mass is 10.3. The van der Waals surface area contributed by atoms with Gasteiger partial charge in [-0.05, 0) is 14.0 Å². The Balaban J connectivity index is 2.20. The number of hydrogen-bond acceptors (Lipinski definition) is 5. The van der Waals surface area contributed by atoms with Crippen molar-refractivity contribution in [3.8, 4) is 0 Å². The van der Waals surface area contributed by atoms with Crippen LogP contribution in [0.4, 0.5) is 0 Å². The fourth-order valence-corrected chi connectivity index (χ4v) is 3.00. The maximum absolute atomic E-state index is 12.3. The summed E-state index contributed by atoms with van der Waals surface area (Å²) in [6.45, 7) is 2.34. The van der Waals surface area contributed by atoms with Gasteiger partial charge >= 0.3 is 0 Å². The molecule has 8 nitrogen and oxygen atoms in total. The molecule has 9 heteroatoms. The summed E-state index contributed by atoms with van der Waals surface area (Å²) in [7, 11) is -0.109. The van der Waals surface area contributed by atoms with E-state index in [-0.39, 0.29) is 11.6 Å². The standard InChI is InChI=1S/C11H18N6O2S/c1-8-9(6-12-2)11(16-15-8)20(18,19)14-7-10-13-4-5-17(10)3/h4-5,12,14H,6-7H2,1-3H3,(H,15,16). The second kappa shape index (κ2) is 5.73. The summed E-state index contributed by atoms with van der Waals surface area (Å²) >= 11 is 0. The Kier molecular flexibility index (Phi) is 4.21. The normalized spacial score (nSPS) is 11.9. The first-order valence-electron chi connectivity index (χ1n) is 6.10. The fraction of sp³-hybridized carbons (Fsp3) is 0.455. The lowest BCUT2D eigenvalue weighted by Crippen LogP contribution is -2.26. The highest BCUT2D eigenvalue weighted by Crippen LogP contribution is 2.16. The van der Waals surface area contributed by atoms with E-state index in [1.54, 1.807) is 30.9 Å². The number of rotatable bonds is 6. The van der Waals surface area contributed by atoms with Crippen LogP contribution in [0.25, 0.3) is 0 Å². The van der Waals surface area contributed by atoms with Gasteiger partial charge in [-0.1, -0.05) is 0 Å². The highest BCUT2D eigenvalue weighted by atomic mass is 32.2. The summed E-state index contributed by atoms with van der Waals surface area (Å²) in [5, 5.41) is 9.55. The molecule has 0 aromatic carbocycles. The molecule has 110 valence electrons. The van der Waals surface area contributed by atoms with Crippen LogP contribution in [0.3, 0.4) is 0 Å². The molecule has 0 bridgehead atoms. The Hall–Kier alpha value is -1.71. The Morgan fingerprint density at radius 3 is 2.75 bits per heavy atom. The summed E-state index contributed by atoms with van der Waals surface area (Å²) in [5.74, 6) is 0.635. The molecule has 2 heterocycles. The third-order valence-electron chi connectivity index (χ3n) is 2.99. The quantitative estimate of drug-likeness (QED) is 0.676. The van der Waals surface area contributed by atoms with Crippen molar-refractivity contribution in [3.05, 3.63) is 29.5 Å². The molecule has 0 spiro atoms. The number of sulfonamides is 1.